The smallest absolute Gasteiger partial charge is 0.245 e. The molecular formula is C23H28ClN7O5S. The fourth-order valence-electron chi connectivity index (χ4n) is 5.17. The standard InChI is InChI=1S/C23H28ClN7O5S/c1-12(19(34-2)20-25-8-16(24)9-26-20)37(32,33)10-17-29-30-21(15-6-13-5-14(13)7-15)31(17)18-22(35-3)27-11-28-23(18)36-4/h8-9,11-15,19H,5-7,10H2,1-4H3/t12-,13?,14?,15?,19-/m0/s1. The molecule has 0 N–H and O–H groups in total. The molecular weight excluding hydrogens is 522 g/mol. The van der Waals surface area contributed by atoms with Gasteiger partial charge in [-0.25, -0.2) is 18.4 Å². The third-order valence-corrected chi connectivity index (χ3v) is 9.44. The van der Waals surface area contributed by atoms with Crippen LogP contribution in [0.2, 0.25) is 5.02 Å². The second-order valence-corrected chi connectivity index (χ2v) is 12.2. The zero-order valence-electron chi connectivity index (χ0n) is 20.9. The molecule has 0 aromatic carbocycles. The molecule has 5 rings (SSSR count). The SMILES string of the molecule is COc1ncnc(OC)c1-n1c(CS(=O)(=O)[C@@H](C)[C@H](OC)c2ncc(Cl)cn2)nnc1C1CC2CC2C1. The van der Waals surface area contributed by atoms with Crippen molar-refractivity contribution in [2.24, 2.45) is 11.8 Å². The van der Waals surface area contributed by atoms with Crippen molar-refractivity contribution in [3.8, 4) is 17.4 Å². The molecule has 3 heterocycles. The molecule has 0 aliphatic heterocycles. The van der Waals surface area contributed by atoms with E-state index in [-0.39, 0.29) is 29.3 Å². The van der Waals surface area contributed by atoms with Gasteiger partial charge in [-0.1, -0.05) is 11.6 Å². The summed E-state index contributed by atoms with van der Waals surface area (Å²) < 4.78 is 45.6. The molecule has 0 radical (unpaired) electrons. The first kappa shape index (κ1) is 25.7. The first-order valence-corrected chi connectivity index (χ1v) is 14.0. The lowest BCUT2D eigenvalue weighted by atomic mass is 10.0. The maximum atomic E-state index is 13.7. The van der Waals surface area contributed by atoms with Gasteiger partial charge >= 0.3 is 0 Å². The molecule has 2 fully saturated rings. The molecule has 2 unspecified atom stereocenters. The van der Waals surface area contributed by atoms with Crippen molar-refractivity contribution in [1.82, 2.24) is 34.7 Å². The molecule has 0 amide bonds. The molecule has 2 aliphatic carbocycles. The highest BCUT2D eigenvalue weighted by atomic mass is 35.5. The zero-order valence-corrected chi connectivity index (χ0v) is 22.5. The summed E-state index contributed by atoms with van der Waals surface area (Å²) in [6.45, 7) is 1.56. The van der Waals surface area contributed by atoms with E-state index in [1.807, 2.05) is 0 Å². The van der Waals surface area contributed by atoms with Crippen LogP contribution < -0.4 is 9.47 Å². The van der Waals surface area contributed by atoms with Crippen LogP contribution in [0, 0.1) is 11.8 Å². The second-order valence-electron chi connectivity index (χ2n) is 9.40. The van der Waals surface area contributed by atoms with Crippen molar-refractivity contribution in [2.75, 3.05) is 21.3 Å². The van der Waals surface area contributed by atoms with E-state index in [0.29, 0.717) is 28.4 Å². The number of hydrogen-bond donors (Lipinski definition) is 0. The fourth-order valence-corrected chi connectivity index (χ4v) is 6.69. The van der Waals surface area contributed by atoms with E-state index in [4.69, 9.17) is 25.8 Å². The number of aromatic nitrogens is 7. The lowest BCUT2D eigenvalue weighted by Gasteiger charge is -2.22. The monoisotopic (exact) mass is 549 g/mol. The summed E-state index contributed by atoms with van der Waals surface area (Å²) in [4.78, 5) is 16.8. The van der Waals surface area contributed by atoms with E-state index in [1.54, 1.807) is 11.5 Å². The van der Waals surface area contributed by atoms with Crippen molar-refractivity contribution < 1.29 is 22.6 Å². The normalized spacial score (nSPS) is 22.4. The van der Waals surface area contributed by atoms with Gasteiger partial charge in [0.05, 0.1) is 24.5 Å². The molecule has 2 aliphatic rings. The van der Waals surface area contributed by atoms with E-state index in [9.17, 15) is 8.42 Å². The van der Waals surface area contributed by atoms with Crippen molar-refractivity contribution in [3.05, 3.63) is 41.2 Å². The highest BCUT2D eigenvalue weighted by Gasteiger charge is 2.48. The number of fused-ring (bicyclic) bond motifs is 1. The van der Waals surface area contributed by atoms with Crippen LogP contribution in [0.25, 0.3) is 5.69 Å². The molecule has 198 valence electrons. The molecule has 2 saturated carbocycles. The first-order valence-electron chi connectivity index (χ1n) is 11.9. The Morgan fingerprint density at radius 1 is 1.00 bits per heavy atom. The number of nitrogens with zero attached hydrogens (tertiary/aromatic N) is 7. The average molecular weight is 550 g/mol. The second kappa shape index (κ2) is 10.1. The van der Waals surface area contributed by atoms with Gasteiger partial charge in [-0.3, -0.25) is 4.57 Å². The van der Waals surface area contributed by atoms with Gasteiger partial charge in [-0.2, -0.15) is 9.97 Å². The molecule has 3 aromatic heterocycles. The Morgan fingerprint density at radius 2 is 1.62 bits per heavy atom. The highest BCUT2D eigenvalue weighted by molar-refractivity contribution is 7.91. The molecule has 37 heavy (non-hydrogen) atoms. The van der Waals surface area contributed by atoms with Gasteiger partial charge < -0.3 is 14.2 Å². The predicted octanol–water partition coefficient (Wildman–Crippen LogP) is 2.72. The van der Waals surface area contributed by atoms with Crippen LogP contribution in [0.5, 0.6) is 11.8 Å². The minimum atomic E-state index is -3.85. The maximum absolute atomic E-state index is 13.7. The molecule has 4 atom stereocenters. The Kier molecular flexibility index (Phi) is 7.03. The zero-order chi connectivity index (χ0) is 26.3. The summed E-state index contributed by atoms with van der Waals surface area (Å²) in [6, 6.07) is 0. The first-order chi connectivity index (χ1) is 17.8. The van der Waals surface area contributed by atoms with Gasteiger partial charge in [0.15, 0.2) is 27.2 Å². The topological polar surface area (TPSA) is 144 Å². The van der Waals surface area contributed by atoms with Gasteiger partial charge in [0, 0.05) is 25.4 Å². The van der Waals surface area contributed by atoms with Crippen LogP contribution in [-0.4, -0.2) is 69.7 Å². The Morgan fingerprint density at radius 3 is 2.19 bits per heavy atom. The third-order valence-electron chi connectivity index (χ3n) is 7.20. The number of ether oxygens (including phenoxy) is 3. The summed E-state index contributed by atoms with van der Waals surface area (Å²) in [7, 11) is 0.526. The Bertz CT molecular complexity index is 1350. The van der Waals surface area contributed by atoms with Crippen LogP contribution in [0.4, 0.5) is 0 Å². The van der Waals surface area contributed by atoms with Gasteiger partial charge in [-0.15, -0.1) is 10.2 Å². The van der Waals surface area contributed by atoms with Crippen LogP contribution in [0.1, 0.15) is 55.7 Å². The van der Waals surface area contributed by atoms with E-state index in [1.165, 1.54) is 46.5 Å². The average Bonchev–Trinajstić information content (AvgIpc) is 3.30. The molecule has 0 bridgehead atoms. The Hall–Kier alpha value is -2.90. The van der Waals surface area contributed by atoms with E-state index in [2.05, 4.69) is 30.1 Å². The molecule has 0 spiro atoms. The van der Waals surface area contributed by atoms with Gasteiger partial charge in [-0.05, 0) is 38.0 Å². The van der Waals surface area contributed by atoms with Crippen molar-refractivity contribution in [3.63, 3.8) is 0 Å². The Labute approximate surface area is 219 Å². The quantitative estimate of drug-likeness (QED) is 0.368. The van der Waals surface area contributed by atoms with Crippen LogP contribution >= 0.6 is 11.6 Å². The number of rotatable bonds is 10. The van der Waals surface area contributed by atoms with Crippen LogP contribution in [0.15, 0.2) is 18.7 Å². The summed E-state index contributed by atoms with van der Waals surface area (Å²) >= 11 is 5.90. The lowest BCUT2D eigenvalue weighted by Crippen LogP contribution is -2.30. The van der Waals surface area contributed by atoms with Crippen molar-refractivity contribution in [2.45, 2.75) is 49.2 Å². The van der Waals surface area contributed by atoms with Gasteiger partial charge in [0.2, 0.25) is 11.8 Å². The molecule has 14 heteroatoms. The van der Waals surface area contributed by atoms with Crippen LogP contribution in [0.3, 0.4) is 0 Å². The largest absolute Gasteiger partial charge is 0.479 e. The lowest BCUT2D eigenvalue weighted by molar-refractivity contribution is 0.0948. The minimum Gasteiger partial charge on any atom is -0.479 e. The predicted molar refractivity (Wildman–Crippen MR) is 133 cm³/mol. The van der Waals surface area contributed by atoms with Crippen molar-refractivity contribution in [1.29, 1.82) is 0 Å². The van der Waals surface area contributed by atoms with Crippen molar-refractivity contribution >= 4 is 21.4 Å². The number of halogens is 1. The molecule has 12 nitrogen and oxygen atoms in total. The summed E-state index contributed by atoms with van der Waals surface area (Å²) in [6.07, 6.45) is 6.40. The summed E-state index contributed by atoms with van der Waals surface area (Å²) in [5, 5.41) is 8.15. The summed E-state index contributed by atoms with van der Waals surface area (Å²) in [5.41, 5.74) is 0.371. The Balaban J connectivity index is 1.55. The third kappa shape index (κ3) is 4.87. The number of methoxy groups -OCH3 is 3. The molecule has 3 aromatic rings. The van der Waals surface area contributed by atoms with E-state index >= 15 is 0 Å². The number of sulfone groups is 1. The minimum absolute atomic E-state index is 0.133. The highest BCUT2D eigenvalue weighted by Crippen LogP contribution is 2.57. The maximum Gasteiger partial charge on any atom is 0.245 e. The number of hydrogen-bond acceptors (Lipinski definition) is 11. The summed E-state index contributed by atoms with van der Waals surface area (Å²) in [5.74, 6) is 2.61. The van der Waals surface area contributed by atoms with Gasteiger partial charge in [0.1, 0.15) is 24.0 Å². The van der Waals surface area contributed by atoms with E-state index < -0.39 is 26.9 Å². The van der Waals surface area contributed by atoms with Gasteiger partial charge in [0.25, 0.3) is 0 Å². The van der Waals surface area contributed by atoms with E-state index in [0.717, 1.165) is 12.8 Å². The fraction of sp³-hybridized carbons (Fsp3) is 0.565. The molecule has 0 saturated heterocycles. The van der Waals surface area contributed by atoms with Crippen LogP contribution in [-0.2, 0) is 20.3 Å².